The Hall–Kier alpha value is -0.910. The molecular weight excluding hydrogens is 351 g/mol. The Labute approximate surface area is 127 Å². The highest BCUT2D eigenvalue weighted by molar-refractivity contribution is 14.1. The van der Waals surface area contributed by atoms with Gasteiger partial charge in [0.05, 0.1) is 17.2 Å². The Morgan fingerprint density at radius 3 is 2.79 bits per heavy atom. The van der Waals surface area contributed by atoms with Crippen LogP contribution < -0.4 is 5.56 Å². The van der Waals surface area contributed by atoms with E-state index >= 15 is 0 Å². The second-order valence-electron chi connectivity index (χ2n) is 4.82. The van der Waals surface area contributed by atoms with Gasteiger partial charge in [0.25, 0.3) is 5.56 Å². The molecule has 0 radical (unpaired) electrons. The summed E-state index contributed by atoms with van der Waals surface area (Å²) in [5.74, 6) is 0. The molecule has 0 saturated heterocycles. The zero-order valence-corrected chi connectivity index (χ0v) is 13.4. The van der Waals surface area contributed by atoms with Gasteiger partial charge in [-0.2, -0.15) is 0 Å². The van der Waals surface area contributed by atoms with Crippen LogP contribution in [0.2, 0.25) is 0 Å². The summed E-state index contributed by atoms with van der Waals surface area (Å²) in [6.45, 7) is 2.98. The van der Waals surface area contributed by atoms with Crippen molar-refractivity contribution in [1.29, 1.82) is 0 Å². The highest BCUT2D eigenvalue weighted by Crippen LogP contribution is 2.12. The van der Waals surface area contributed by atoms with Crippen LogP contribution in [0.15, 0.2) is 29.3 Å². The summed E-state index contributed by atoms with van der Waals surface area (Å²) in [6, 6.07) is 5.80. The van der Waals surface area contributed by atoms with E-state index in [1.54, 1.807) is 10.9 Å². The minimum Gasteiger partial charge on any atom is -0.299 e. The van der Waals surface area contributed by atoms with E-state index in [-0.39, 0.29) is 5.56 Å². The van der Waals surface area contributed by atoms with Crippen LogP contribution in [0.4, 0.5) is 0 Å². The fraction of sp³-hybridized carbons (Fsp3) is 0.467. The van der Waals surface area contributed by atoms with Crippen molar-refractivity contribution >= 4 is 33.5 Å². The van der Waals surface area contributed by atoms with E-state index in [1.165, 1.54) is 25.7 Å². The summed E-state index contributed by atoms with van der Waals surface area (Å²) in [7, 11) is 0. The molecule has 0 unspecified atom stereocenters. The second-order valence-corrected chi connectivity index (χ2v) is 6.06. The van der Waals surface area contributed by atoms with Crippen LogP contribution in [0.25, 0.3) is 10.9 Å². The minimum atomic E-state index is 0.0824. The molecule has 3 nitrogen and oxygen atoms in total. The molecule has 0 aliphatic rings. The molecular formula is C15H19IN2O. The van der Waals surface area contributed by atoms with Crippen LogP contribution in [-0.2, 0) is 6.54 Å². The largest absolute Gasteiger partial charge is 0.299 e. The molecule has 0 N–H and O–H groups in total. The Balaban J connectivity index is 2.11. The third-order valence-electron chi connectivity index (χ3n) is 3.29. The zero-order chi connectivity index (χ0) is 13.7. The molecule has 0 aliphatic carbocycles. The van der Waals surface area contributed by atoms with Gasteiger partial charge in [-0.15, -0.1) is 0 Å². The van der Waals surface area contributed by atoms with Gasteiger partial charge in [0.1, 0.15) is 0 Å². The lowest BCUT2D eigenvalue weighted by molar-refractivity contribution is 0.556. The molecule has 19 heavy (non-hydrogen) atoms. The molecule has 0 bridgehead atoms. The molecule has 4 heteroatoms. The fourth-order valence-electron chi connectivity index (χ4n) is 2.18. The number of hydrogen-bond acceptors (Lipinski definition) is 2. The van der Waals surface area contributed by atoms with E-state index in [2.05, 4.69) is 34.5 Å². The van der Waals surface area contributed by atoms with Crippen LogP contribution in [0.1, 0.15) is 39.0 Å². The van der Waals surface area contributed by atoms with Crippen molar-refractivity contribution < 1.29 is 0 Å². The second kappa shape index (κ2) is 7.03. The van der Waals surface area contributed by atoms with Crippen molar-refractivity contribution in [1.82, 2.24) is 9.55 Å². The van der Waals surface area contributed by atoms with Gasteiger partial charge in [0, 0.05) is 10.1 Å². The number of fused-ring (bicyclic) bond motifs is 1. The molecule has 102 valence electrons. The van der Waals surface area contributed by atoms with Crippen LogP contribution >= 0.6 is 22.6 Å². The minimum absolute atomic E-state index is 0.0824. The molecule has 2 aromatic rings. The third kappa shape index (κ3) is 3.78. The van der Waals surface area contributed by atoms with Gasteiger partial charge < -0.3 is 0 Å². The number of halogens is 1. The van der Waals surface area contributed by atoms with Gasteiger partial charge in [-0.05, 0) is 47.2 Å². The van der Waals surface area contributed by atoms with E-state index in [1.807, 2.05) is 18.2 Å². The summed E-state index contributed by atoms with van der Waals surface area (Å²) >= 11 is 2.22. The Bertz CT molecular complexity index is 607. The normalized spacial score (nSPS) is 11.1. The van der Waals surface area contributed by atoms with E-state index in [0.29, 0.717) is 0 Å². The van der Waals surface area contributed by atoms with Crippen molar-refractivity contribution in [2.24, 2.45) is 0 Å². The van der Waals surface area contributed by atoms with Gasteiger partial charge in [0.15, 0.2) is 0 Å². The van der Waals surface area contributed by atoms with Crippen LogP contribution in [0.5, 0.6) is 0 Å². The van der Waals surface area contributed by atoms with Crippen molar-refractivity contribution in [2.75, 3.05) is 0 Å². The molecule has 1 aromatic heterocycles. The van der Waals surface area contributed by atoms with E-state index in [4.69, 9.17) is 0 Å². The smallest absolute Gasteiger partial charge is 0.261 e. The Kier molecular flexibility index (Phi) is 5.36. The average Bonchev–Trinajstić information content (AvgIpc) is 2.41. The molecule has 1 aromatic carbocycles. The van der Waals surface area contributed by atoms with E-state index < -0.39 is 0 Å². The Morgan fingerprint density at radius 1 is 1.21 bits per heavy atom. The van der Waals surface area contributed by atoms with Gasteiger partial charge in [0.2, 0.25) is 0 Å². The van der Waals surface area contributed by atoms with Crippen molar-refractivity contribution in [2.45, 2.75) is 45.6 Å². The number of hydrogen-bond donors (Lipinski definition) is 0. The molecule has 0 aliphatic heterocycles. The van der Waals surface area contributed by atoms with Crippen LogP contribution in [0.3, 0.4) is 0 Å². The molecule has 0 atom stereocenters. The standard InChI is InChI=1S/C15H19IN2O/c1-2-3-4-5-6-9-18-11-17-14-8-7-12(16)10-13(14)15(18)19/h7-8,10-11H,2-6,9H2,1H3. The summed E-state index contributed by atoms with van der Waals surface area (Å²) in [6.07, 6.45) is 7.70. The summed E-state index contributed by atoms with van der Waals surface area (Å²) in [4.78, 5) is 16.7. The van der Waals surface area contributed by atoms with Gasteiger partial charge in [-0.3, -0.25) is 9.36 Å². The zero-order valence-electron chi connectivity index (χ0n) is 11.2. The number of unbranched alkanes of at least 4 members (excludes halogenated alkanes) is 4. The van der Waals surface area contributed by atoms with Crippen molar-refractivity contribution in [3.8, 4) is 0 Å². The lowest BCUT2D eigenvalue weighted by Gasteiger charge is -2.06. The summed E-state index contributed by atoms with van der Waals surface area (Å²) in [5.41, 5.74) is 0.867. The topological polar surface area (TPSA) is 34.9 Å². The third-order valence-corrected chi connectivity index (χ3v) is 3.96. The number of nitrogens with zero attached hydrogens (tertiary/aromatic N) is 2. The van der Waals surface area contributed by atoms with Gasteiger partial charge in [-0.25, -0.2) is 4.98 Å². The number of rotatable bonds is 6. The summed E-state index contributed by atoms with van der Waals surface area (Å²) in [5, 5.41) is 0.725. The quantitative estimate of drug-likeness (QED) is 0.570. The lowest BCUT2D eigenvalue weighted by atomic mass is 10.1. The van der Waals surface area contributed by atoms with Crippen molar-refractivity contribution in [3.05, 3.63) is 38.5 Å². The maximum absolute atomic E-state index is 12.3. The number of aryl methyl sites for hydroxylation is 1. The first-order valence-corrected chi connectivity index (χ1v) is 7.95. The highest BCUT2D eigenvalue weighted by Gasteiger charge is 2.04. The molecule has 0 saturated carbocycles. The molecule has 0 fully saturated rings. The van der Waals surface area contributed by atoms with E-state index in [0.717, 1.165) is 27.4 Å². The number of benzene rings is 1. The SMILES string of the molecule is CCCCCCCn1cnc2ccc(I)cc2c1=O. The maximum Gasteiger partial charge on any atom is 0.261 e. The monoisotopic (exact) mass is 370 g/mol. The van der Waals surface area contributed by atoms with Crippen molar-refractivity contribution in [3.63, 3.8) is 0 Å². The van der Waals surface area contributed by atoms with Crippen LogP contribution in [-0.4, -0.2) is 9.55 Å². The predicted octanol–water partition coefficient (Wildman–Crippen LogP) is 3.97. The lowest BCUT2D eigenvalue weighted by Crippen LogP contribution is -2.20. The first kappa shape index (κ1) is 14.5. The molecule has 1 heterocycles. The molecule has 2 rings (SSSR count). The Morgan fingerprint density at radius 2 is 2.00 bits per heavy atom. The number of aromatic nitrogens is 2. The predicted molar refractivity (Wildman–Crippen MR) is 87.5 cm³/mol. The highest BCUT2D eigenvalue weighted by atomic mass is 127. The average molecular weight is 370 g/mol. The van der Waals surface area contributed by atoms with E-state index in [9.17, 15) is 4.79 Å². The fourth-order valence-corrected chi connectivity index (χ4v) is 2.67. The van der Waals surface area contributed by atoms with Gasteiger partial charge >= 0.3 is 0 Å². The summed E-state index contributed by atoms with van der Waals surface area (Å²) < 4.78 is 2.81. The molecule has 0 spiro atoms. The maximum atomic E-state index is 12.3. The first-order chi connectivity index (χ1) is 9.22. The van der Waals surface area contributed by atoms with Crippen LogP contribution in [0, 0.1) is 3.57 Å². The first-order valence-electron chi connectivity index (χ1n) is 6.87. The molecule has 0 amide bonds. The van der Waals surface area contributed by atoms with Gasteiger partial charge in [-0.1, -0.05) is 32.6 Å².